The topological polar surface area (TPSA) is 83.7 Å². The van der Waals surface area contributed by atoms with Crippen LogP contribution in [0.25, 0.3) is 5.69 Å². The number of rotatable bonds is 9. The summed E-state index contributed by atoms with van der Waals surface area (Å²) >= 11 is 0. The molecule has 164 valence electrons. The fraction of sp³-hybridized carbons (Fsp3) is 0.333. The summed E-state index contributed by atoms with van der Waals surface area (Å²) in [5, 5.41) is 21.3. The molecule has 3 aromatic rings. The van der Waals surface area contributed by atoms with Crippen molar-refractivity contribution in [3.05, 3.63) is 78.1 Å². The monoisotopic (exact) mass is 421 g/mol. The van der Waals surface area contributed by atoms with Gasteiger partial charge in [0.2, 0.25) is 0 Å². The number of guanidine groups is 1. The SMILES string of the molecule is CCNC(=NCc1ccccc1-n1cccn1)NCC(O)c1ccc(OC(C)C)cc1. The first-order chi connectivity index (χ1) is 15.1. The van der Waals surface area contributed by atoms with Gasteiger partial charge in [0.15, 0.2) is 5.96 Å². The Bertz CT molecular complexity index is 952. The summed E-state index contributed by atoms with van der Waals surface area (Å²) in [6.45, 7) is 7.55. The van der Waals surface area contributed by atoms with Crippen molar-refractivity contribution in [2.45, 2.75) is 39.5 Å². The molecule has 0 fully saturated rings. The van der Waals surface area contributed by atoms with Gasteiger partial charge in [-0.2, -0.15) is 5.10 Å². The molecule has 0 saturated heterocycles. The van der Waals surface area contributed by atoms with Crippen LogP contribution in [0.3, 0.4) is 0 Å². The van der Waals surface area contributed by atoms with Crippen LogP contribution >= 0.6 is 0 Å². The number of hydrogen-bond acceptors (Lipinski definition) is 4. The largest absolute Gasteiger partial charge is 0.491 e. The maximum atomic E-state index is 10.6. The summed E-state index contributed by atoms with van der Waals surface area (Å²) in [5.41, 5.74) is 2.88. The van der Waals surface area contributed by atoms with Crippen LogP contribution in [0.1, 0.15) is 38.0 Å². The Morgan fingerprint density at radius 3 is 2.55 bits per heavy atom. The van der Waals surface area contributed by atoms with E-state index in [4.69, 9.17) is 4.74 Å². The fourth-order valence-electron chi connectivity index (χ4n) is 3.14. The molecule has 3 N–H and O–H groups in total. The van der Waals surface area contributed by atoms with Crippen molar-refractivity contribution < 1.29 is 9.84 Å². The predicted molar refractivity (Wildman–Crippen MR) is 124 cm³/mol. The quantitative estimate of drug-likeness (QED) is 0.364. The Hall–Kier alpha value is -3.32. The standard InChI is InChI=1S/C24H31N5O2/c1-4-25-24(26-16-20-8-5-6-9-22(20)29-15-7-14-28-29)27-17-23(30)19-10-12-21(13-11-19)31-18(2)3/h5-15,18,23,30H,4,16-17H2,1-3H3,(H2,25,26,27). The minimum Gasteiger partial charge on any atom is -0.491 e. The van der Waals surface area contributed by atoms with Gasteiger partial charge in [-0.1, -0.05) is 30.3 Å². The van der Waals surface area contributed by atoms with Gasteiger partial charge in [-0.15, -0.1) is 0 Å². The number of aromatic nitrogens is 2. The first kappa shape index (κ1) is 22.4. The van der Waals surface area contributed by atoms with Crippen LogP contribution in [0.15, 0.2) is 72.0 Å². The van der Waals surface area contributed by atoms with Crippen molar-refractivity contribution >= 4 is 5.96 Å². The van der Waals surface area contributed by atoms with Gasteiger partial charge in [0.05, 0.1) is 24.4 Å². The van der Waals surface area contributed by atoms with Crippen molar-refractivity contribution in [2.75, 3.05) is 13.1 Å². The number of hydrogen-bond donors (Lipinski definition) is 3. The van der Waals surface area contributed by atoms with E-state index in [-0.39, 0.29) is 6.10 Å². The Balaban J connectivity index is 1.63. The van der Waals surface area contributed by atoms with Crippen LogP contribution in [0.5, 0.6) is 5.75 Å². The molecule has 0 aliphatic carbocycles. The molecular weight excluding hydrogens is 390 g/mol. The number of aliphatic hydroxyl groups is 1. The van der Waals surface area contributed by atoms with Gasteiger partial charge in [-0.05, 0) is 56.2 Å². The van der Waals surface area contributed by atoms with Crippen LogP contribution in [0.2, 0.25) is 0 Å². The van der Waals surface area contributed by atoms with E-state index in [1.165, 1.54) is 0 Å². The van der Waals surface area contributed by atoms with E-state index >= 15 is 0 Å². The number of ether oxygens (including phenoxy) is 1. The Morgan fingerprint density at radius 1 is 1.10 bits per heavy atom. The van der Waals surface area contributed by atoms with E-state index in [0.29, 0.717) is 19.0 Å². The molecule has 0 aliphatic rings. The van der Waals surface area contributed by atoms with Gasteiger partial charge in [0.25, 0.3) is 0 Å². The Kier molecular flexibility index (Phi) is 8.06. The van der Waals surface area contributed by atoms with Crippen molar-refractivity contribution in [3.63, 3.8) is 0 Å². The van der Waals surface area contributed by atoms with E-state index in [2.05, 4.69) is 20.7 Å². The molecular formula is C24H31N5O2. The number of aliphatic hydroxyl groups excluding tert-OH is 1. The van der Waals surface area contributed by atoms with Crippen LogP contribution in [0.4, 0.5) is 0 Å². The molecule has 1 unspecified atom stereocenters. The normalized spacial score (nSPS) is 12.6. The summed E-state index contributed by atoms with van der Waals surface area (Å²) < 4.78 is 7.49. The summed E-state index contributed by atoms with van der Waals surface area (Å²) in [6, 6.07) is 17.5. The smallest absolute Gasteiger partial charge is 0.191 e. The maximum Gasteiger partial charge on any atom is 0.191 e. The van der Waals surface area contributed by atoms with Gasteiger partial charge >= 0.3 is 0 Å². The van der Waals surface area contributed by atoms with Crippen LogP contribution in [0, 0.1) is 0 Å². The van der Waals surface area contributed by atoms with Crippen LogP contribution in [-0.2, 0) is 6.54 Å². The second-order valence-corrected chi connectivity index (χ2v) is 7.41. The second kappa shape index (κ2) is 11.2. The number of nitrogens with zero attached hydrogens (tertiary/aromatic N) is 3. The predicted octanol–water partition coefficient (Wildman–Crippen LogP) is 3.45. The zero-order chi connectivity index (χ0) is 22.1. The highest BCUT2D eigenvalue weighted by molar-refractivity contribution is 5.79. The molecule has 0 spiro atoms. The van der Waals surface area contributed by atoms with Crippen molar-refractivity contribution in [2.24, 2.45) is 4.99 Å². The Morgan fingerprint density at radius 2 is 1.87 bits per heavy atom. The highest BCUT2D eigenvalue weighted by atomic mass is 16.5. The van der Waals surface area contributed by atoms with Crippen molar-refractivity contribution in [1.29, 1.82) is 0 Å². The third kappa shape index (κ3) is 6.58. The lowest BCUT2D eigenvalue weighted by Gasteiger charge is -2.17. The number of para-hydroxylation sites is 1. The molecule has 1 heterocycles. The summed E-state index contributed by atoms with van der Waals surface area (Å²) in [5.74, 6) is 1.45. The lowest BCUT2D eigenvalue weighted by atomic mass is 10.1. The summed E-state index contributed by atoms with van der Waals surface area (Å²) in [4.78, 5) is 4.69. The highest BCUT2D eigenvalue weighted by Gasteiger charge is 2.10. The molecule has 0 amide bonds. The minimum absolute atomic E-state index is 0.120. The lowest BCUT2D eigenvalue weighted by Crippen LogP contribution is -2.39. The third-order valence-electron chi connectivity index (χ3n) is 4.59. The molecule has 0 radical (unpaired) electrons. The van der Waals surface area contributed by atoms with Crippen LogP contribution in [-0.4, -0.2) is 40.0 Å². The lowest BCUT2D eigenvalue weighted by molar-refractivity contribution is 0.180. The molecule has 3 rings (SSSR count). The average molecular weight is 422 g/mol. The summed E-state index contributed by atoms with van der Waals surface area (Å²) in [6.07, 6.45) is 3.14. The van der Waals surface area contributed by atoms with Gasteiger partial charge in [0, 0.05) is 25.5 Å². The zero-order valence-electron chi connectivity index (χ0n) is 18.3. The Labute approximate surface area is 183 Å². The third-order valence-corrected chi connectivity index (χ3v) is 4.59. The molecule has 0 bridgehead atoms. The van der Waals surface area contributed by atoms with Gasteiger partial charge in [-0.3, -0.25) is 0 Å². The molecule has 1 aromatic heterocycles. The van der Waals surface area contributed by atoms with Gasteiger partial charge < -0.3 is 20.5 Å². The number of benzene rings is 2. The minimum atomic E-state index is -0.659. The van der Waals surface area contributed by atoms with E-state index in [0.717, 1.165) is 29.1 Å². The molecule has 7 nitrogen and oxygen atoms in total. The number of nitrogens with one attached hydrogen (secondary N) is 2. The molecule has 31 heavy (non-hydrogen) atoms. The van der Waals surface area contributed by atoms with Gasteiger partial charge in [-0.25, -0.2) is 9.67 Å². The first-order valence-electron chi connectivity index (χ1n) is 10.6. The highest BCUT2D eigenvalue weighted by Crippen LogP contribution is 2.18. The van der Waals surface area contributed by atoms with Crippen molar-refractivity contribution in [1.82, 2.24) is 20.4 Å². The maximum absolute atomic E-state index is 10.6. The average Bonchev–Trinajstić information content (AvgIpc) is 3.30. The number of aliphatic imine (C=N–C) groups is 1. The second-order valence-electron chi connectivity index (χ2n) is 7.41. The molecule has 2 aromatic carbocycles. The van der Waals surface area contributed by atoms with E-state index in [9.17, 15) is 5.11 Å². The zero-order valence-corrected chi connectivity index (χ0v) is 18.3. The van der Waals surface area contributed by atoms with E-state index in [1.54, 1.807) is 6.20 Å². The van der Waals surface area contributed by atoms with Crippen molar-refractivity contribution in [3.8, 4) is 11.4 Å². The molecule has 0 saturated carbocycles. The van der Waals surface area contributed by atoms with Crippen LogP contribution < -0.4 is 15.4 Å². The molecule has 1 atom stereocenters. The van der Waals surface area contributed by atoms with E-state index < -0.39 is 6.10 Å². The first-order valence-corrected chi connectivity index (χ1v) is 10.6. The summed E-state index contributed by atoms with van der Waals surface area (Å²) in [7, 11) is 0. The van der Waals surface area contributed by atoms with Gasteiger partial charge in [0.1, 0.15) is 5.75 Å². The fourth-order valence-corrected chi connectivity index (χ4v) is 3.14. The molecule has 7 heteroatoms. The van der Waals surface area contributed by atoms with E-state index in [1.807, 2.05) is 86.2 Å². The molecule has 0 aliphatic heterocycles.